The minimum Gasteiger partial charge on any atom is -0.0901 e. The van der Waals surface area contributed by atoms with E-state index in [0.29, 0.717) is 0 Å². The van der Waals surface area contributed by atoms with E-state index in [1.807, 2.05) is 0 Å². The predicted molar refractivity (Wildman–Crippen MR) is 112 cm³/mol. The molecule has 0 N–H and O–H groups in total. The Balaban J connectivity index is 1.42. The molecule has 0 spiro atoms. The highest BCUT2D eigenvalue weighted by Gasteiger charge is 2.01. The summed E-state index contributed by atoms with van der Waals surface area (Å²) >= 11 is 1.81. The molecule has 0 aromatic heterocycles. The zero-order valence-corrected chi connectivity index (χ0v) is 15.3. The fraction of sp³-hybridized carbons (Fsp3) is 0.0400. The van der Waals surface area contributed by atoms with Gasteiger partial charge in [0.1, 0.15) is 0 Å². The van der Waals surface area contributed by atoms with Crippen molar-refractivity contribution in [2.45, 2.75) is 16.2 Å². The van der Waals surface area contributed by atoms with Gasteiger partial charge in [0.2, 0.25) is 0 Å². The molecule has 0 bridgehead atoms. The average Bonchev–Trinajstić information content (AvgIpc) is 2.72. The number of hydrogen-bond acceptors (Lipinski definition) is 1. The van der Waals surface area contributed by atoms with Crippen molar-refractivity contribution in [3.05, 3.63) is 120 Å². The second-order valence-electron chi connectivity index (χ2n) is 6.30. The van der Waals surface area contributed by atoms with Crippen molar-refractivity contribution in [2.24, 2.45) is 0 Å². The van der Waals surface area contributed by atoms with Gasteiger partial charge in [-0.2, -0.15) is 0 Å². The summed E-state index contributed by atoms with van der Waals surface area (Å²) < 4.78 is 0. The van der Waals surface area contributed by atoms with E-state index in [-0.39, 0.29) is 0 Å². The van der Waals surface area contributed by atoms with E-state index in [1.165, 1.54) is 32.0 Å². The standard InChI is InChI=1S/C25H20S/c1-3-7-20(8-4-1)19-21-11-15-24(16-12-21)26-25-17-13-23(14-18-25)22-9-5-2-6-10-22/h1-18H,19H2. The van der Waals surface area contributed by atoms with E-state index in [4.69, 9.17) is 0 Å². The van der Waals surface area contributed by atoms with E-state index in [1.54, 1.807) is 11.8 Å². The maximum atomic E-state index is 2.23. The van der Waals surface area contributed by atoms with Gasteiger partial charge in [0.25, 0.3) is 0 Å². The third kappa shape index (κ3) is 4.25. The van der Waals surface area contributed by atoms with Crippen molar-refractivity contribution in [2.75, 3.05) is 0 Å². The summed E-state index contributed by atoms with van der Waals surface area (Å²) in [5.41, 5.74) is 5.21. The van der Waals surface area contributed by atoms with Crippen LogP contribution >= 0.6 is 11.8 Å². The highest BCUT2D eigenvalue weighted by atomic mass is 32.2. The number of rotatable bonds is 5. The first-order valence-corrected chi connectivity index (χ1v) is 9.65. The second kappa shape index (κ2) is 8.07. The highest BCUT2D eigenvalue weighted by molar-refractivity contribution is 7.99. The van der Waals surface area contributed by atoms with Crippen molar-refractivity contribution >= 4 is 11.8 Å². The zero-order chi connectivity index (χ0) is 17.6. The van der Waals surface area contributed by atoms with Crippen LogP contribution in [0.4, 0.5) is 0 Å². The normalized spacial score (nSPS) is 10.6. The Hall–Kier alpha value is -2.77. The summed E-state index contributed by atoms with van der Waals surface area (Å²) in [6.45, 7) is 0. The summed E-state index contributed by atoms with van der Waals surface area (Å²) in [6, 6.07) is 38.8. The van der Waals surface area contributed by atoms with Crippen LogP contribution in [-0.2, 0) is 6.42 Å². The van der Waals surface area contributed by atoms with Crippen LogP contribution < -0.4 is 0 Å². The lowest BCUT2D eigenvalue weighted by Gasteiger charge is -2.06. The first-order valence-electron chi connectivity index (χ1n) is 8.83. The molecule has 4 aromatic carbocycles. The fourth-order valence-electron chi connectivity index (χ4n) is 2.99. The molecule has 4 aromatic rings. The van der Waals surface area contributed by atoms with Gasteiger partial charge in [-0.15, -0.1) is 0 Å². The lowest BCUT2D eigenvalue weighted by molar-refractivity contribution is 1.18. The SMILES string of the molecule is c1ccc(Cc2ccc(Sc3ccc(-c4ccccc4)cc3)cc2)cc1. The van der Waals surface area contributed by atoms with Crippen LogP contribution in [0.3, 0.4) is 0 Å². The van der Waals surface area contributed by atoms with Crippen LogP contribution in [-0.4, -0.2) is 0 Å². The summed E-state index contributed by atoms with van der Waals surface area (Å²) in [4.78, 5) is 2.54. The largest absolute Gasteiger partial charge is 0.0901 e. The zero-order valence-electron chi connectivity index (χ0n) is 14.5. The number of benzene rings is 4. The third-order valence-electron chi connectivity index (χ3n) is 4.37. The van der Waals surface area contributed by atoms with Crippen LogP contribution in [0.15, 0.2) is 119 Å². The summed E-state index contributed by atoms with van der Waals surface area (Å²) in [7, 11) is 0. The Morgan fingerprint density at radius 1 is 0.423 bits per heavy atom. The Bertz CT molecular complexity index is 940. The molecule has 26 heavy (non-hydrogen) atoms. The summed E-state index contributed by atoms with van der Waals surface area (Å²) in [6.07, 6.45) is 0.984. The van der Waals surface area contributed by atoms with Crippen molar-refractivity contribution in [1.29, 1.82) is 0 Å². The fourth-order valence-corrected chi connectivity index (χ4v) is 3.81. The van der Waals surface area contributed by atoms with Gasteiger partial charge in [-0.05, 0) is 52.9 Å². The molecule has 0 aliphatic rings. The molecule has 0 radical (unpaired) electrons. The third-order valence-corrected chi connectivity index (χ3v) is 5.39. The molecule has 0 saturated carbocycles. The molecule has 4 rings (SSSR count). The molecule has 1 heteroatoms. The first kappa shape index (κ1) is 16.7. The monoisotopic (exact) mass is 352 g/mol. The van der Waals surface area contributed by atoms with Gasteiger partial charge in [-0.1, -0.05) is 96.7 Å². The van der Waals surface area contributed by atoms with Crippen molar-refractivity contribution in [3.63, 3.8) is 0 Å². The maximum absolute atomic E-state index is 2.23. The Morgan fingerprint density at radius 2 is 0.885 bits per heavy atom. The summed E-state index contributed by atoms with van der Waals surface area (Å²) in [5, 5.41) is 0. The van der Waals surface area contributed by atoms with Gasteiger partial charge in [0, 0.05) is 9.79 Å². The van der Waals surface area contributed by atoms with Crippen LogP contribution in [0.2, 0.25) is 0 Å². The molecule has 126 valence electrons. The molecule has 0 amide bonds. The molecule has 0 heterocycles. The minimum absolute atomic E-state index is 0.984. The molecular weight excluding hydrogens is 332 g/mol. The molecule has 0 aliphatic carbocycles. The van der Waals surface area contributed by atoms with Crippen LogP contribution in [0, 0.1) is 0 Å². The Labute approximate surface area is 159 Å². The lowest BCUT2D eigenvalue weighted by atomic mass is 10.1. The van der Waals surface area contributed by atoms with E-state index in [2.05, 4.69) is 109 Å². The van der Waals surface area contributed by atoms with Gasteiger partial charge < -0.3 is 0 Å². The van der Waals surface area contributed by atoms with Crippen LogP contribution in [0.25, 0.3) is 11.1 Å². The molecule has 0 aliphatic heterocycles. The lowest BCUT2D eigenvalue weighted by Crippen LogP contribution is -1.87. The van der Waals surface area contributed by atoms with Gasteiger partial charge in [0.15, 0.2) is 0 Å². The van der Waals surface area contributed by atoms with E-state index < -0.39 is 0 Å². The Kier molecular flexibility index (Phi) is 5.18. The van der Waals surface area contributed by atoms with Crippen LogP contribution in [0.5, 0.6) is 0 Å². The highest BCUT2D eigenvalue weighted by Crippen LogP contribution is 2.30. The van der Waals surface area contributed by atoms with Gasteiger partial charge in [0.05, 0.1) is 0 Å². The van der Waals surface area contributed by atoms with Crippen molar-refractivity contribution < 1.29 is 0 Å². The first-order chi connectivity index (χ1) is 12.9. The summed E-state index contributed by atoms with van der Waals surface area (Å²) in [5.74, 6) is 0. The van der Waals surface area contributed by atoms with Gasteiger partial charge in [-0.25, -0.2) is 0 Å². The van der Waals surface area contributed by atoms with E-state index >= 15 is 0 Å². The molecule has 0 unspecified atom stereocenters. The molecular formula is C25H20S. The molecule has 0 fully saturated rings. The quantitative estimate of drug-likeness (QED) is 0.369. The maximum Gasteiger partial charge on any atom is 0.0122 e. The van der Waals surface area contributed by atoms with E-state index in [0.717, 1.165) is 6.42 Å². The molecule has 0 atom stereocenters. The van der Waals surface area contributed by atoms with Crippen molar-refractivity contribution in [1.82, 2.24) is 0 Å². The van der Waals surface area contributed by atoms with E-state index in [9.17, 15) is 0 Å². The molecule has 0 nitrogen and oxygen atoms in total. The van der Waals surface area contributed by atoms with Gasteiger partial charge in [-0.3, -0.25) is 0 Å². The molecule has 0 saturated heterocycles. The average molecular weight is 353 g/mol. The number of hydrogen-bond donors (Lipinski definition) is 0. The topological polar surface area (TPSA) is 0 Å². The minimum atomic E-state index is 0.984. The Morgan fingerprint density at radius 3 is 1.50 bits per heavy atom. The smallest absolute Gasteiger partial charge is 0.0122 e. The van der Waals surface area contributed by atoms with Gasteiger partial charge >= 0.3 is 0 Å². The second-order valence-corrected chi connectivity index (χ2v) is 7.45. The van der Waals surface area contributed by atoms with Crippen molar-refractivity contribution in [3.8, 4) is 11.1 Å². The predicted octanol–water partition coefficient (Wildman–Crippen LogP) is 7.10. The van der Waals surface area contributed by atoms with Crippen LogP contribution in [0.1, 0.15) is 11.1 Å².